The summed E-state index contributed by atoms with van der Waals surface area (Å²) in [5.41, 5.74) is 0.153. The maximum absolute atomic E-state index is 11.6. The summed E-state index contributed by atoms with van der Waals surface area (Å²) in [7, 11) is 13.1. The molecule has 2 fully saturated rings. The number of methoxy groups -OCH3 is 4. The zero-order valence-electron chi connectivity index (χ0n) is 20.5. The molecule has 0 bridgehead atoms. The van der Waals surface area contributed by atoms with Gasteiger partial charge in [0.25, 0.3) is 0 Å². The number of ketones is 2. The fourth-order valence-electron chi connectivity index (χ4n) is 2.43. The van der Waals surface area contributed by atoms with E-state index in [0.717, 1.165) is 25.7 Å². The van der Waals surface area contributed by atoms with Gasteiger partial charge in [-0.25, -0.2) is 4.79 Å². The summed E-state index contributed by atoms with van der Waals surface area (Å²) in [5, 5.41) is 0. The van der Waals surface area contributed by atoms with Crippen molar-refractivity contribution in [3.63, 3.8) is 0 Å². The van der Waals surface area contributed by atoms with Gasteiger partial charge in [0.05, 0.1) is 14.2 Å². The molecule has 0 aliphatic heterocycles. The van der Waals surface area contributed by atoms with Crippen molar-refractivity contribution in [2.45, 2.75) is 38.5 Å². The van der Waals surface area contributed by atoms with Gasteiger partial charge in [-0.2, -0.15) is 0 Å². The van der Waals surface area contributed by atoms with Crippen LogP contribution in [0.1, 0.15) is 32.1 Å². The van der Waals surface area contributed by atoms with Crippen LogP contribution in [0.25, 0.3) is 0 Å². The molecule has 2 saturated carbocycles. The van der Waals surface area contributed by atoms with Crippen LogP contribution in [0.3, 0.4) is 0 Å². The third-order valence-electron chi connectivity index (χ3n) is 4.41. The van der Waals surface area contributed by atoms with Gasteiger partial charge in [-0.15, -0.1) is 0 Å². The molecule has 2 aliphatic rings. The van der Waals surface area contributed by atoms with E-state index in [9.17, 15) is 19.2 Å². The molecule has 0 spiro atoms. The highest BCUT2D eigenvalue weighted by Crippen LogP contribution is 2.32. The smallest absolute Gasteiger partial charge is 0.342 e. The first-order valence-corrected chi connectivity index (χ1v) is 10.3. The van der Waals surface area contributed by atoms with Crippen molar-refractivity contribution in [3.05, 3.63) is 11.8 Å². The first kappa shape index (κ1) is 29.7. The molecule has 10 nitrogen and oxygen atoms in total. The van der Waals surface area contributed by atoms with Gasteiger partial charge in [0.1, 0.15) is 17.8 Å². The van der Waals surface area contributed by atoms with Crippen molar-refractivity contribution in [1.82, 2.24) is 9.80 Å². The Balaban J connectivity index is 0.000000472. The molecule has 0 N–H and O–H groups in total. The normalized spacial score (nSPS) is 15.1. The van der Waals surface area contributed by atoms with E-state index in [0.29, 0.717) is 0 Å². The maximum atomic E-state index is 11.6. The topological polar surface area (TPSA) is 112 Å². The standard InChI is InChI=1S/C10H15NO3.C7H10O3.C5H13NO2/c1-11(2)6-8(10(13)14-3)9(12)7-4-5-7;1-10-7(9)4-6(8)5-2-3-5;1-6(2)5(7-3)8-4/h6-7H,4-5H2,1-3H3;5H,2-4H2,1H3;5H,1-4H3/b8-6-;;. The van der Waals surface area contributed by atoms with Gasteiger partial charge in [0, 0.05) is 46.4 Å². The van der Waals surface area contributed by atoms with Crippen LogP contribution in [0.2, 0.25) is 0 Å². The lowest BCUT2D eigenvalue weighted by Gasteiger charge is -2.19. The third-order valence-corrected chi connectivity index (χ3v) is 4.41. The Kier molecular flexibility index (Phi) is 14.4. The van der Waals surface area contributed by atoms with E-state index in [2.05, 4.69) is 9.47 Å². The maximum Gasteiger partial charge on any atom is 0.342 e. The van der Waals surface area contributed by atoms with Gasteiger partial charge < -0.3 is 23.8 Å². The molecule has 0 radical (unpaired) electrons. The molecule has 2 rings (SSSR count). The Hall–Kier alpha value is -2.30. The van der Waals surface area contributed by atoms with Crippen LogP contribution < -0.4 is 0 Å². The van der Waals surface area contributed by atoms with Gasteiger partial charge in [0.2, 0.25) is 6.41 Å². The molecule has 0 saturated heterocycles. The molecule has 0 aromatic rings. The van der Waals surface area contributed by atoms with Crippen LogP contribution in [-0.2, 0) is 38.1 Å². The van der Waals surface area contributed by atoms with Gasteiger partial charge in [0.15, 0.2) is 5.78 Å². The summed E-state index contributed by atoms with van der Waals surface area (Å²) in [4.78, 5) is 47.8. The monoisotopic (exact) mass is 458 g/mol. The molecule has 0 amide bonds. The summed E-state index contributed by atoms with van der Waals surface area (Å²) in [6.45, 7) is 0. The molecule has 0 atom stereocenters. The fraction of sp³-hybridized carbons (Fsp3) is 0.727. The first-order chi connectivity index (χ1) is 15.0. The predicted molar refractivity (Wildman–Crippen MR) is 117 cm³/mol. The van der Waals surface area contributed by atoms with Crippen LogP contribution in [0, 0.1) is 11.8 Å². The lowest BCUT2D eigenvalue weighted by molar-refractivity contribution is -0.179. The summed E-state index contributed by atoms with van der Waals surface area (Å²) in [5.74, 6) is -0.815. The Bertz CT molecular complexity index is 648. The predicted octanol–water partition coefficient (Wildman–Crippen LogP) is 1.24. The average Bonchev–Trinajstić information content (AvgIpc) is 3.64. The van der Waals surface area contributed by atoms with E-state index in [-0.39, 0.29) is 41.8 Å². The molecular formula is C22H38N2O8. The van der Waals surface area contributed by atoms with E-state index in [1.807, 2.05) is 19.0 Å². The molecule has 32 heavy (non-hydrogen) atoms. The summed E-state index contributed by atoms with van der Waals surface area (Å²) in [6, 6.07) is 0. The number of esters is 2. The van der Waals surface area contributed by atoms with Gasteiger partial charge >= 0.3 is 11.9 Å². The lowest BCUT2D eigenvalue weighted by Crippen LogP contribution is -2.30. The number of carbonyl (C=O) groups is 4. The Morgan fingerprint density at radius 1 is 0.844 bits per heavy atom. The van der Waals surface area contributed by atoms with E-state index >= 15 is 0 Å². The summed E-state index contributed by atoms with van der Waals surface area (Å²) < 4.78 is 18.6. The number of rotatable bonds is 10. The van der Waals surface area contributed by atoms with Crippen LogP contribution in [0.4, 0.5) is 0 Å². The number of ether oxygens (including phenoxy) is 4. The zero-order valence-corrected chi connectivity index (χ0v) is 20.5. The molecular weight excluding hydrogens is 420 g/mol. The lowest BCUT2D eigenvalue weighted by atomic mass is 10.1. The molecule has 10 heteroatoms. The Labute approximate surface area is 190 Å². The van der Waals surface area contributed by atoms with E-state index in [4.69, 9.17) is 9.47 Å². The second-order valence-corrected chi connectivity index (χ2v) is 7.87. The molecule has 0 aromatic carbocycles. The van der Waals surface area contributed by atoms with Gasteiger partial charge in [-0.3, -0.25) is 19.3 Å². The number of carbonyl (C=O) groups excluding carboxylic acids is 4. The summed E-state index contributed by atoms with van der Waals surface area (Å²) >= 11 is 0. The van der Waals surface area contributed by atoms with E-state index in [1.165, 1.54) is 20.4 Å². The molecule has 0 heterocycles. The van der Waals surface area contributed by atoms with Crippen molar-refractivity contribution in [2.75, 3.05) is 56.6 Å². The fourth-order valence-corrected chi connectivity index (χ4v) is 2.43. The highest BCUT2D eigenvalue weighted by molar-refractivity contribution is 6.18. The Morgan fingerprint density at radius 3 is 1.62 bits per heavy atom. The minimum atomic E-state index is -0.546. The molecule has 0 unspecified atom stereocenters. The van der Waals surface area contributed by atoms with E-state index in [1.54, 1.807) is 33.2 Å². The SMILES string of the molecule is COC(=O)/C(=C\N(C)C)C(=O)C1CC1.COC(=O)CC(=O)C1CC1.COC(OC)N(C)C. The van der Waals surface area contributed by atoms with Crippen molar-refractivity contribution < 1.29 is 38.1 Å². The van der Waals surface area contributed by atoms with Crippen molar-refractivity contribution in [3.8, 4) is 0 Å². The van der Waals surface area contributed by atoms with Crippen molar-refractivity contribution >= 4 is 23.5 Å². The number of hydrogen-bond acceptors (Lipinski definition) is 10. The quantitative estimate of drug-likeness (QED) is 0.156. The zero-order chi connectivity index (χ0) is 24.8. The first-order valence-electron chi connectivity index (χ1n) is 10.3. The van der Waals surface area contributed by atoms with Crippen molar-refractivity contribution in [2.24, 2.45) is 11.8 Å². The van der Waals surface area contributed by atoms with Crippen molar-refractivity contribution in [1.29, 1.82) is 0 Å². The third kappa shape index (κ3) is 12.5. The van der Waals surface area contributed by atoms with Gasteiger partial charge in [-0.1, -0.05) is 0 Å². The molecule has 2 aliphatic carbocycles. The van der Waals surface area contributed by atoms with E-state index < -0.39 is 11.9 Å². The number of hydrogen-bond donors (Lipinski definition) is 0. The van der Waals surface area contributed by atoms with Crippen LogP contribution in [0.15, 0.2) is 11.8 Å². The highest BCUT2D eigenvalue weighted by atomic mass is 16.7. The molecule has 0 aromatic heterocycles. The highest BCUT2D eigenvalue weighted by Gasteiger charge is 2.35. The minimum Gasteiger partial charge on any atom is -0.469 e. The largest absolute Gasteiger partial charge is 0.469 e. The number of Topliss-reactive ketones (excluding diaryl/α,β-unsaturated/α-hetero) is 2. The Morgan fingerprint density at radius 2 is 1.34 bits per heavy atom. The minimum absolute atomic E-state index is 0.0341. The summed E-state index contributed by atoms with van der Waals surface area (Å²) in [6.07, 6.45) is 4.95. The average molecular weight is 459 g/mol. The second-order valence-electron chi connectivity index (χ2n) is 7.87. The second kappa shape index (κ2) is 15.5. The molecule has 184 valence electrons. The van der Waals surface area contributed by atoms with Crippen LogP contribution in [-0.4, -0.2) is 96.3 Å². The van der Waals surface area contributed by atoms with Gasteiger partial charge in [-0.05, 0) is 39.8 Å². The number of nitrogens with zero attached hydrogens (tertiary/aromatic N) is 2. The van der Waals surface area contributed by atoms with Crippen LogP contribution in [0.5, 0.6) is 0 Å². The van der Waals surface area contributed by atoms with Crippen LogP contribution >= 0.6 is 0 Å².